The number of halogens is 1. The van der Waals surface area contributed by atoms with Crippen molar-refractivity contribution in [2.75, 3.05) is 7.11 Å². The maximum Gasteiger partial charge on any atom is 0.156 e. The lowest BCUT2D eigenvalue weighted by atomic mass is 10.2. The van der Waals surface area contributed by atoms with Crippen molar-refractivity contribution in [1.82, 2.24) is 14.5 Å². The molecule has 0 aliphatic heterocycles. The molecule has 3 rings (SSSR count). The number of hydrogen-bond donors (Lipinski definition) is 0. The summed E-state index contributed by atoms with van der Waals surface area (Å²) in [6.45, 7) is 0.737. The smallest absolute Gasteiger partial charge is 0.156 e. The molecule has 3 aromatic rings. The van der Waals surface area contributed by atoms with Gasteiger partial charge in [-0.2, -0.15) is 0 Å². The number of imidazole rings is 1. The zero-order chi connectivity index (χ0) is 13.2. The maximum atomic E-state index is 6.01. The SMILES string of the molecule is COc1ccc(Cn2cnc3c(Cl)nccc32)cc1. The van der Waals surface area contributed by atoms with E-state index in [4.69, 9.17) is 16.3 Å². The van der Waals surface area contributed by atoms with Crippen molar-refractivity contribution in [1.29, 1.82) is 0 Å². The Morgan fingerprint density at radius 1 is 1.16 bits per heavy atom. The first kappa shape index (κ1) is 12.0. The molecule has 2 aromatic heterocycles. The van der Waals surface area contributed by atoms with Gasteiger partial charge in [-0.1, -0.05) is 23.7 Å². The molecule has 0 N–H and O–H groups in total. The average molecular weight is 274 g/mol. The molecule has 0 saturated carbocycles. The molecule has 5 heteroatoms. The third kappa shape index (κ3) is 2.27. The Balaban J connectivity index is 1.94. The summed E-state index contributed by atoms with van der Waals surface area (Å²) in [4.78, 5) is 8.32. The molecule has 0 aliphatic rings. The highest BCUT2D eigenvalue weighted by Gasteiger charge is 2.07. The van der Waals surface area contributed by atoms with Crippen LogP contribution < -0.4 is 4.74 Å². The molecule has 0 amide bonds. The molecule has 1 aromatic carbocycles. The van der Waals surface area contributed by atoms with E-state index in [1.165, 1.54) is 5.56 Å². The molecule has 0 bridgehead atoms. The highest BCUT2D eigenvalue weighted by atomic mass is 35.5. The van der Waals surface area contributed by atoms with Crippen LogP contribution in [0, 0.1) is 0 Å². The van der Waals surface area contributed by atoms with Crippen molar-refractivity contribution in [3.8, 4) is 5.75 Å². The van der Waals surface area contributed by atoms with E-state index in [1.54, 1.807) is 19.6 Å². The molecule has 19 heavy (non-hydrogen) atoms. The highest BCUT2D eigenvalue weighted by molar-refractivity contribution is 6.33. The van der Waals surface area contributed by atoms with Crippen LogP contribution in [0.1, 0.15) is 5.56 Å². The topological polar surface area (TPSA) is 39.9 Å². The van der Waals surface area contributed by atoms with Gasteiger partial charge in [-0.3, -0.25) is 0 Å². The normalized spacial score (nSPS) is 10.8. The van der Waals surface area contributed by atoms with Crippen molar-refractivity contribution in [2.45, 2.75) is 6.54 Å². The van der Waals surface area contributed by atoms with Gasteiger partial charge in [0.15, 0.2) is 5.15 Å². The molecular formula is C14H12ClN3O. The number of rotatable bonds is 3. The summed E-state index contributed by atoms with van der Waals surface area (Å²) < 4.78 is 7.19. The molecule has 0 spiro atoms. The lowest BCUT2D eigenvalue weighted by molar-refractivity contribution is 0.414. The summed E-state index contributed by atoms with van der Waals surface area (Å²) in [6, 6.07) is 9.88. The number of nitrogens with zero attached hydrogens (tertiary/aromatic N) is 3. The van der Waals surface area contributed by atoms with E-state index in [2.05, 4.69) is 9.97 Å². The minimum Gasteiger partial charge on any atom is -0.497 e. The molecule has 4 nitrogen and oxygen atoms in total. The molecule has 2 heterocycles. The largest absolute Gasteiger partial charge is 0.497 e. The van der Waals surface area contributed by atoms with Crippen LogP contribution in [0.5, 0.6) is 5.75 Å². The summed E-state index contributed by atoms with van der Waals surface area (Å²) >= 11 is 6.01. The summed E-state index contributed by atoms with van der Waals surface area (Å²) in [6.07, 6.45) is 3.47. The van der Waals surface area contributed by atoms with Crippen LogP contribution in [0.3, 0.4) is 0 Å². The first-order chi connectivity index (χ1) is 9.28. The Kier molecular flexibility index (Phi) is 3.09. The maximum absolute atomic E-state index is 6.01. The minimum atomic E-state index is 0.436. The van der Waals surface area contributed by atoms with E-state index in [0.29, 0.717) is 5.15 Å². The Morgan fingerprint density at radius 2 is 1.95 bits per heavy atom. The lowest BCUT2D eigenvalue weighted by Crippen LogP contribution is -1.98. The van der Waals surface area contributed by atoms with Crippen molar-refractivity contribution in [3.05, 3.63) is 53.6 Å². The Hall–Kier alpha value is -2.07. The van der Waals surface area contributed by atoms with E-state index in [0.717, 1.165) is 23.3 Å². The van der Waals surface area contributed by atoms with E-state index in [1.807, 2.05) is 34.9 Å². The van der Waals surface area contributed by atoms with Crippen LogP contribution in [0.25, 0.3) is 11.0 Å². The Morgan fingerprint density at radius 3 is 2.68 bits per heavy atom. The zero-order valence-electron chi connectivity index (χ0n) is 10.4. The molecule has 0 atom stereocenters. The molecule has 96 valence electrons. The highest BCUT2D eigenvalue weighted by Crippen LogP contribution is 2.20. The van der Waals surface area contributed by atoms with Crippen molar-refractivity contribution >= 4 is 22.6 Å². The molecule has 0 radical (unpaired) electrons. The number of ether oxygens (including phenoxy) is 1. The number of fused-ring (bicyclic) bond motifs is 1. The van der Waals surface area contributed by atoms with Gasteiger partial charge < -0.3 is 9.30 Å². The monoisotopic (exact) mass is 273 g/mol. The summed E-state index contributed by atoms with van der Waals surface area (Å²) in [7, 11) is 1.66. The van der Waals surface area contributed by atoms with Crippen LogP contribution >= 0.6 is 11.6 Å². The van der Waals surface area contributed by atoms with E-state index in [-0.39, 0.29) is 0 Å². The standard InChI is InChI=1S/C14H12ClN3O/c1-19-11-4-2-10(3-5-11)8-18-9-17-13-12(18)6-7-16-14(13)15/h2-7,9H,8H2,1H3. The number of aromatic nitrogens is 3. The Labute approximate surface area is 115 Å². The van der Waals surface area contributed by atoms with Gasteiger partial charge in [0.1, 0.15) is 11.3 Å². The summed E-state index contributed by atoms with van der Waals surface area (Å²) in [5, 5.41) is 0.436. The molecule has 0 unspecified atom stereocenters. The minimum absolute atomic E-state index is 0.436. The van der Waals surface area contributed by atoms with E-state index >= 15 is 0 Å². The number of methoxy groups -OCH3 is 1. The van der Waals surface area contributed by atoms with Crippen LogP contribution in [0.2, 0.25) is 5.15 Å². The number of benzene rings is 1. The predicted octanol–water partition coefficient (Wildman–Crippen LogP) is 3.14. The molecule has 0 saturated heterocycles. The van der Waals surface area contributed by atoms with E-state index < -0.39 is 0 Å². The summed E-state index contributed by atoms with van der Waals surface area (Å²) in [5.74, 6) is 0.853. The van der Waals surface area contributed by atoms with Gasteiger partial charge in [-0.15, -0.1) is 0 Å². The van der Waals surface area contributed by atoms with Gasteiger partial charge in [0.25, 0.3) is 0 Å². The van der Waals surface area contributed by atoms with Gasteiger partial charge in [-0.25, -0.2) is 9.97 Å². The van der Waals surface area contributed by atoms with Gasteiger partial charge in [0, 0.05) is 12.7 Å². The van der Waals surface area contributed by atoms with Crippen LogP contribution in [-0.4, -0.2) is 21.6 Å². The van der Waals surface area contributed by atoms with Gasteiger partial charge in [-0.05, 0) is 23.8 Å². The van der Waals surface area contributed by atoms with Crippen molar-refractivity contribution < 1.29 is 4.74 Å². The molecule has 0 fully saturated rings. The fraction of sp³-hybridized carbons (Fsp3) is 0.143. The fourth-order valence-electron chi connectivity index (χ4n) is 2.01. The van der Waals surface area contributed by atoms with Gasteiger partial charge in [0.2, 0.25) is 0 Å². The lowest BCUT2D eigenvalue weighted by Gasteiger charge is -2.06. The molecular weight excluding hydrogens is 262 g/mol. The number of pyridine rings is 1. The van der Waals surface area contributed by atoms with Crippen LogP contribution in [-0.2, 0) is 6.54 Å². The quantitative estimate of drug-likeness (QED) is 0.688. The van der Waals surface area contributed by atoms with E-state index in [9.17, 15) is 0 Å². The fourth-order valence-corrected chi connectivity index (χ4v) is 2.22. The third-order valence-electron chi connectivity index (χ3n) is 3.01. The second-order valence-electron chi connectivity index (χ2n) is 4.19. The predicted molar refractivity (Wildman–Crippen MR) is 74.6 cm³/mol. The van der Waals surface area contributed by atoms with Crippen molar-refractivity contribution in [2.24, 2.45) is 0 Å². The molecule has 0 aliphatic carbocycles. The van der Waals surface area contributed by atoms with Crippen LogP contribution in [0.15, 0.2) is 42.9 Å². The van der Waals surface area contributed by atoms with Gasteiger partial charge >= 0.3 is 0 Å². The first-order valence-corrected chi connectivity index (χ1v) is 6.24. The zero-order valence-corrected chi connectivity index (χ0v) is 11.1. The summed E-state index contributed by atoms with van der Waals surface area (Å²) in [5.41, 5.74) is 2.89. The average Bonchev–Trinajstić information content (AvgIpc) is 2.84. The Bertz CT molecular complexity index is 706. The third-order valence-corrected chi connectivity index (χ3v) is 3.28. The number of hydrogen-bond acceptors (Lipinski definition) is 3. The van der Waals surface area contributed by atoms with Gasteiger partial charge in [0.05, 0.1) is 19.0 Å². The van der Waals surface area contributed by atoms with Crippen LogP contribution in [0.4, 0.5) is 0 Å². The second kappa shape index (κ2) is 4.90. The van der Waals surface area contributed by atoms with Crippen molar-refractivity contribution in [3.63, 3.8) is 0 Å². The first-order valence-electron chi connectivity index (χ1n) is 5.86. The second-order valence-corrected chi connectivity index (χ2v) is 4.55.